The highest BCUT2D eigenvalue weighted by molar-refractivity contribution is 5.36. The standard InChI is InChI=1S/C18H31NO/c1-7-16(19)17(20)10-13(3)15-11-14(18(4,5)6)9-8-12(15)2/h8-9,11,13,16-17,20H,7,10,19H2,1-6H3. The number of rotatable bonds is 5. The van der Waals surface area contributed by atoms with E-state index in [1.165, 1.54) is 16.7 Å². The molecule has 3 atom stereocenters. The maximum Gasteiger partial charge on any atom is 0.0696 e. The summed E-state index contributed by atoms with van der Waals surface area (Å²) in [4.78, 5) is 0. The molecule has 1 aromatic carbocycles. The second kappa shape index (κ2) is 6.73. The molecular weight excluding hydrogens is 246 g/mol. The van der Waals surface area contributed by atoms with E-state index in [1.807, 2.05) is 6.92 Å². The summed E-state index contributed by atoms with van der Waals surface area (Å²) in [6.45, 7) is 13.0. The number of aliphatic hydroxyl groups excluding tert-OH is 1. The van der Waals surface area contributed by atoms with Crippen LogP contribution in [0.25, 0.3) is 0 Å². The Morgan fingerprint density at radius 1 is 1.25 bits per heavy atom. The molecule has 2 nitrogen and oxygen atoms in total. The van der Waals surface area contributed by atoms with Crippen molar-refractivity contribution in [2.24, 2.45) is 5.73 Å². The fraction of sp³-hybridized carbons (Fsp3) is 0.667. The van der Waals surface area contributed by atoms with Crippen LogP contribution in [0.3, 0.4) is 0 Å². The van der Waals surface area contributed by atoms with Crippen molar-refractivity contribution in [3.05, 3.63) is 34.9 Å². The molecule has 0 aliphatic heterocycles. The Kier molecular flexibility index (Phi) is 5.79. The number of hydrogen-bond donors (Lipinski definition) is 2. The van der Waals surface area contributed by atoms with Gasteiger partial charge in [-0.2, -0.15) is 0 Å². The lowest BCUT2D eigenvalue weighted by atomic mass is 9.82. The highest BCUT2D eigenvalue weighted by atomic mass is 16.3. The topological polar surface area (TPSA) is 46.2 Å². The second-order valence-electron chi connectivity index (χ2n) is 7.10. The molecule has 1 rings (SSSR count). The molecule has 0 aliphatic carbocycles. The minimum atomic E-state index is -0.423. The summed E-state index contributed by atoms with van der Waals surface area (Å²) in [6.07, 6.45) is 1.12. The monoisotopic (exact) mass is 277 g/mol. The van der Waals surface area contributed by atoms with E-state index in [4.69, 9.17) is 5.73 Å². The van der Waals surface area contributed by atoms with Crippen LogP contribution in [-0.4, -0.2) is 17.3 Å². The lowest BCUT2D eigenvalue weighted by Crippen LogP contribution is -2.34. The number of nitrogens with two attached hydrogens (primary N) is 1. The summed E-state index contributed by atoms with van der Waals surface area (Å²) in [7, 11) is 0. The Morgan fingerprint density at radius 3 is 2.35 bits per heavy atom. The Balaban J connectivity index is 2.95. The molecule has 3 unspecified atom stereocenters. The van der Waals surface area contributed by atoms with Crippen LogP contribution in [0, 0.1) is 6.92 Å². The van der Waals surface area contributed by atoms with Crippen molar-refractivity contribution in [2.75, 3.05) is 0 Å². The molecule has 0 heterocycles. The lowest BCUT2D eigenvalue weighted by molar-refractivity contribution is 0.126. The van der Waals surface area contributed by atoms with Crippen LogP contribution in [0.4, 0.5) is 0 Å². The Hall–Kier alpha value is -0.860. The Bertz CT molecular complexity index is 434. The zero-order valence-corrected chi connectivity index (χ0v) is 13.9. The number of aryl methyl sites for hydroxylation is 1. The fourth-order valence-corrected chi connectivity index (χ4v) is 2.57. The van der Waals surface area contributed by atoms with Crippen LogP contribution in [-0.2, 0) is 5.41 Å². The van der Waals surface area contributed by atoms with E-state index in [-0.39, 0.29) is 11.5 Å². The van der Waals surface area contributed by atoms with Gasteiger partial charge in [-0.1, -0.05) is 52.8 Å². The van der Waals surface area contributed by atoms with Gasteiger partial charge in [0.25, 0.3) is 0 Å². The molecule has 0 spiro atoms. The summed E-state index contributed by atoms with van der Waals surface area (Å²) in [5.41, 5.74) is 10.1. The predicted octanol–water partition coefficient (Wildman–Crippen LogP) is 3.88. The van der Waals surface area contributed by atoms with Gasteiger partial charge < -0.3 is 10.8 Å². The van der Waals surface area contributed by atoms with Crippen molar-refractivity contribution < 1.29 is 5.11 Å². The largest absolute Gasteiger partial charge is 0.391 e. The number of benzene rings is 1. The van der Waals surface area contributed by atoms with Crippen molar-refractivity contribution in [2.45, 2.75) is 77.9 Å². The van der Waals surface area contributed by atoms with E-state index in [9.17, 15) is 5.11 Å². The molecule has 0 bridgehead atoms. The second-order valence-corrected chi connectivity index (χ2v) is 7.10. The van der Waals surface area contributed by atoms with Crippen LogP contribution in [0.5, 0.6) is 0 Å². The molecule has 0 aromatic heterocycles. The minimum absolute atomic E-state index is 0.122. The summed E-state index contributed by atoms with van der Waals surface area (Å²) in [5, 5.41) is 10.1. The van der Waals surface area contributed by atoms with Gasteiger partial charge in [-0.25, -0.2) is 0 Å². The molecule has 0 fully saturated rings. The SMILES string of the molecule is CCC(N)C(O)CC(C)c1cc(C(C)(C)C)ccc1C. The summed E-state index contributed by atoms with van der Waals surface area (Å²) in [6, 6.07) is 6.58. The first-order chi connectivity index (χ1) is 9.16. The highest BCUT2D eigenvalue weighted by Gasteiger charge is 2.20. The maximum atomic E-state index is 10.1. The number of aliphatic hydroxyl groups is 1. The third-order valence-electron chi connectivity index (χ3n) is 4.24. The van der Waals surface area contributed by atoms with Gasteiger partial charge in [-0.15, -0.1) is 0 Å². The molecule has 20 heavy (non-hydrogen) atoms. The van der Waals surface area contributed by atoms with E-state index < -0.39 is 6.10 Å². The minimum Gasteiger partial charge on any atom is -0.391 e. The van der Waals surface area contributed by atoms with Crippen LogP contribution in [0.1, 0.15) is 70.1 Å². The summed E-state index contributed by atoms with van der Waals surface area (Å²) in [5.74, 6) is 0.324. The van der Waals surface area contributed by atoms with Gasteiger partial charge in [-0.3, -0.25) is 0 Å². The molecule has 0 aliphatic rings. The zero-order valence-electron chi connectivity index (χ0n) is 13.9. The predicted molar refractivity (Wildman–Crippen MR) is 87.2 cm³/mol. The van der Waals surface area contributed by atoms with Gasteiger partial charge >= 0.3 is 0 Å². The lowest BCUT2D eigenvalue weighted by Gasteiger charge is -2.25. The van der Waals surface area contributed by atoms with Gasteiger partial charge in [0.05, 0.1) is 6.10 Å². The quantitative estimate of drug-likeness (QED) is 0.858. The summed E-state index contributed by atoms with van der Waals surface area (Å²) >= 11 is 0. The van der Waals surface area contributed by atoms with E-state index in [0.29, 0.717) is 5.92 Å². The van der Waals surface area contributed by atoms with Crippen LogP contribution >= 0.6 is 0 Å². The zero-order chi connectivity index (χ0) is 15.5. The fourth-order valence-electron chi connectivity index (χ4n) is 2.57. The van der Waals surface area contributed by atoms with Gasteiger partial charge in [-0.05, 0) is 47.8 Å². The van der Waals surface area contributed by atoms with Crippen molar-refractivity contribution in [1.29, 1.82) is 0 Å². The average molecular weight is 277 g/mol. The average Bonchev–Trinajstić information content (AvgIpc) is 2.36. The Morgan fingerprint density at radius 2 is 1.85 bits per heavy atom. The molecule has 0 saturated heterocycles. The first kappa shape index (κ1) is 17.2. The van der Waals surface area contributed by atoms with Crippen molar-refractivity contribution in [1.82, 2.24) is 0 Å². The normalized spacial score (nSPS) is 16.8. The smallest absolute Gasteiger partial charge is 0.0696 e. The third kappa shape index (κ3) is 4.32. The van der Waals surface area contributed by atoms with Gasteiger partial charge in [0.15, 0.2) is 0 Å². The molecule has 3 N–H and O–H groups in total. The molecule has 0 saturated carbocycles. The van der Waals surface area contributed by atoms with Gasteiger partial charge in [0, 0.05) is 6.04 Å². The van der Waals surface area contributed by atoms with Crippen LogP contribution < -0.4 is 5.73 Å². The molecule has 2 heteroatoms. The first-order valence-electron chi connectivity index (χ1n) is 7.71. The maximum absolute atomic E-state index is 10.1. The summed E-state index contributed by atoms with van der Waals surface area (Å²) < 4.78 is 0. The van der Waals surface area contributed by atoms with Crippen LogP contribution in [0.2, 0.25) is 0 Å². The third-order valence-corrected chi connectivity index (χ3v) is 4.24. The molecule has 1 aromatic rings. The van der Waals surface area contributed by atoms with Gasteiger partial charge in [0.1, 0.15) is 0 Å². The van der Waals surface area contributed by atoms with Crippen LogP contribution in [0.15, 0.2) is 18.2 Å². The van der Waals surface area contributed by atoms with E-state index in [1.54, 1.807) is 0 Å². The van der Waals surface area contributed by atoms with Crippen molar-refractivity contribution in [3.8, 4) is 0 Å². The first-order valence-corrected chi connectivity index (χ1v) is 7.71. The molecule has 0 amide bonds. The van der Waals surface area contributed by atoms with Crippen molar-refractivity contribution >= 4 is 0 Å². The molecule has 114 valence electrons. The molecule has 0 radical (unpaired) electrons. The van der Waals surface area contributed by atoms with Crippen molar-refractivity contribution in [3.63, 3.8) is 0 Å². The highest BCUT2D eigenvalue weighted by Crippen LogP contribution is 2.30. The molecular formula is C18H31NO. The van der Waals surface area contributed by atoms with E-state index >= 15 is 0 Å². The van der Waals surface area contributed by atoms with Gasteiger partial charge in [0.2, 0.25) is 0 Å². The van der Waals surface area contributed by atoms with E-state index in [2.05, 4.69) is 52.8 Å². The van der Waals surface area contributed by atoms with E-state index in [0.717, 1.165) is 12.8 Å². The number of hydrogen-bond acceptors (Lipinski definition) is 2. The Labute approximate surface area is 124 Å².